The largest absolute Gasteiger partial charge is 0.376 e. The summed E-state index contributed by atoms with van der Waals surface area (Å²) >= 11 is 0. The first kappa shape index (κ1) is 13.8. The molecule has 0 radical (unpaired) electrons. The highest BCUT2D eigenvalue weighted by Gasteiger charge is 2.13. The Morgan fingerprint density at radius 3 is 2.42 bits per heavy atom. The van der Waals surface area contributed by atoms with Crippen LogP contribution in [0.4, 0.5) is 0 Å². The molecule has 2 heteroatoms. The van der Waals surface area contributed by atoms with Crippen LogP contribution in [0.3, 0.4) is 0 Å². The molecule has 1 aliphatic heterocycles. The predicted octanol–water partition coefficient (Wildman–Crippen LogP) is 3.26. The summed E-state index contributed by atoms with van der Waals surface area (Å²) in [6.45, 7) is 1.60. The quantitative estimate of drug-likeness (QED) is 0.844. The SMILES string of the molecule is CNC.c1ccc(-c2cccc3c2CCOC3)cc1. The fourth-order valence-electron chi connectivity index (χ4n) is 2.31. The second-order valence-electron chi connectivity index (χ2n) is 4.61. The standard InChI is InChI=1S/C15H14O.C2H7N/c1-2-5-12(6-3-1)14-8-4-7-13-11-16-10-9-15(13)14;1-3-2/h1-8H,9-11H2;3H,1-2H3. The lowest BCUT2D eigenvalue weighted by Gasteiger charge is -2.19. The lowest BCUT2D eigenvalue weighted by molar-refractivity contribution is 0.111. The van der Waals surface area contributed by atoms with Crippen molar-refractivity contribution in [2.24, 2.45) is 0 Å². The second kappa shape index (κ2) is 7.07. The highest BCUT2D eigenvalue weighted by Crippen LogP contribution is 2.29. The van der Waals surface area contributed by atoms with Crippen LogP contribution in [-0.4, -0.2) is 20.7 Å². The van der Waals surface area contributed by atoms with Crippen LogP contribution in [0.25, 0.3) is 11.1 Å². The molecule has 2 aromatic carbocycles. The average Bonchev–Trinajstić information content (AvgIpc) is 2.48. The molecule has 0 bridgehead atoms. The molecule has 2 nitrogen and oxygen atoms in total. The molecular weight excluding hydrogens is 234 g/mol. The number of benzene rings is 2. The number of hydrogen-bond acceptors (Lipinski definition) is 2. The fraction of sp³-hybridized carbons (Fsp3) is 0.294. The maximum Gasteiger partial charge on any atom is 0.0719 e. The van der Waals surface area contributed by atoms with E-state index in [1.54, 1.807) is 0 Å². The van der Waals surface area contributed by atoms with Crippen LogP contribution in [0, 0.1) is 0 Å². The smallest absolute Gasteiger partial charge is 0.0719 e. The van der Waals surface area contributed by atoms with E-state index < -0.39 is 0 Å². The van der Waals surface area contributed by atoms with Gasteiger partial charge in [-0.1, -0.05) is 48.5 Å². The van der Waals surface area contributed by atoms with Crippen molar-refractivity contribution in [3.8, 4) is 11.1 Å². The van der Waals surface area contributed by atoms with Crippen LogP contribution in [-0.2, 0) is 17.8 Å². The predicted molar refractivity (Wildman–Crippen MR) is 80.2 cm³/mol. The molecule has 0 amide bonds. The molecule has 0 unspecified atom stereocenters. The Morgan fingerprint density at radius 2 is 1.68 bits per heavy atom. The lowest BCUT2D eigenvalue weighted by atomic mass is 9.93. The van der Waals surface area contributed by atoms with E-state index in [1.165, 1.54) is 22.3 Å². The van der Waals surface area contributed by atoms with Gasteiger partial charge in [-0.15, -0.1) is 0 Å². The lowest BCUT2D eigenvalue weighted by Crippen LogP contribution is -2.10. The summed E-state index contributed by atoms with van der Waals surface area (Å²) < 4.78 is 5.49. The van der Waals surface area contributed by atoms with Gasteiger partial charge in [0.2, 0.25) is 0 Å². The molecule has 0 spiro atoms. The third kappa shape index (κ3) is 3.43. The van der Waals surface area contributed by atoms with E-state index in [1.807, 2.05) is 14.1 Å². The summed E-state index contributed by atoms with van der Waals surface area (Å²) in [4.78, 5) is 0. The molecule has 0 aliphatic carbocycles. The maximum absolute atomic E-state index is 5.49. The Morgan fingerprint density at radius 1 is 0.947 bits per heavy atom. The van der Waals surface area contributed by atoms with Gasteiger partial charge in [0.25, 0.3) is 0 Å². The number of hydrogen-bond donors (Lipinski definition) is 1. The van der Waals surface area contributed by atoms with Gasteiger partial charge in [0, 0.05) is 0 Å². The van der Waals surface area contributed by atoms with Crippen molar-refractivity contribution in [3.63, 3.8) is 0 Å². The van der Waals surface area contributed by atoms with E-state index in [2.05, 4.69) is 53.8 Å². The number of fused-ring (bicyclic) bond motifs is 1. The highest BCUT2D eigenvalue weighted by atomic mass is 16.5. The molecule has 0 saturated carbocycles. The number of nitrogens with one attached hydrogen (secondary N) is 1. The summed E-state index contributed by atoms with van der Waals surface area (Å²) in [5.74, 6) is 0. The van der Waals surface area contributed by atoms with Gasteiger partial charge in [-0.3, -0.25) is 0 Å². The Kier molecular flexibility index (Phi) is 5.13. The zero-order valence-electron chi connectivity index (χ0n) is 11.6. The molecule has 1 heterocycles. The molecule has 0 saturated heterocycles. The van der Waals surface area contributed by atoms with Gasteiger partial charge >= 0.3 is 0 Å². The minimum Gasteiger partial charge on any atom is -0.376 e. The van der Waals surface area contributed by atoms with Crippen molar-refractivity contribution in [1.82, 2.24) is 5.32 Å². The van der Waals surface area contributed by atoms with E-state index in [9.17, 15) is 0 Å². The molecular formula is C17H21NO. The van der Waals surface area contributed by atoms with Gasteiger partial charge in [-0.25, -0.2) is 0 Å². The monoisotopic (exact) mass is 255 g/mol. The molecule has 1 aliphatic rings. The van der Waals surface area contributed by atoms with Crippen LogP contribution < -0.4 is 5.32 Å². The van der Waals surface area contributed by atoms with Crippen LogP contribution in [0.1, 0.15) is 11.1 Å². The molecule has 19 heavy (non-hydrogen) atoms. The second-order valence-corrected chi connectivity index (χ2v) is 4.61. The van der Waals surface area contributed by atoms with Gasteiger partial charge in [-0.2, -0.15) is 0 Å². The zero-order chi connectivity index (χ0) is 13.5. The summed E-state index contributed by atoms with van der Waals surface area (Å²) in [6, 6.07) is 17.1. The van der Waals surface area contributed by atoms with Crippen LogP contribution >= 0.6 is 0 Å². The van der Waals surface area contributed by atoms with E-state index in [-0.39, 0.29) is 0 Å². The van der Waals surface area contributed by atoms with Crippen molar-refractivity contribution < 1.29 is 4.74 Å². The third-order valence-electron chi connectivity index (χ3n) is 3.11. The fourth-order valence-corrected chi connectivity index (χ4v) is 2.31. The maximum atomic E-state index is 5.49. The minimum absolute atomic E-state index is 0.760. The van der Waals surface area contributed by atoms with Crippen molar-refractivity contribution >= 4 is 0 Å². The molecule has 3 rings (SSSR count). The summed E-state index contributed by atoms with van der Waals surface area (Å²) in [7, 11) is 3.75. The Labute approximate surface area is 115 Å². The molecule has 0 aromatic heterocycles. The van der Waals surface area contributed by atoms with E-state index in [4.69, 9.17) is 4.74 Å². The minimum atomic E-state index is 0.760. The first-order chi connectivity index (χ1) is 9.36. The first-order valence-electron chi connectivity index (χ1n) is 6.69. The van der Waals surface area contributed by atoms with Crippen LogP contribution in [0.2, 0.25) is 0 Å². The summed E-state index contributed by atoms with van der Waals surface area (Å²) in [5.41, 5.74) is 5.47. The summed E-state index contributed by atoms with van der Waals surface area (Å²) in [6.07, 6.45) is 1.03. The van der Waals surface area contributed by atoms with Crippen molar-refractivity contribution in [2.45, 2.75) is 13.0 Å². The number of rotatable bonds is 1. The Balaban J connectivity index is 0.000000408. The average molecular weight is 255 g/mol. The molecule has 0 fully saturated rings. The molecule has 0 atom stereocenters. The molecule has 100 valence electrons. The van der Waals surface area contributed by atoms with Crippen LogP contribution in [0.15, 0.2) is 48.5 Å². The first-order valence-corrected chi connectivity index (χ1v) is 6.69. The molecule has 1 N–H and O–H groups in total. The number of ether oxygens (including phenoxy) is 1. The van der Waals surface area contributed by atoms with E-state index >= 15 is 0 Å². The van der Waals surface area contributed by atoms with Gasteiger partial charge in [0.05, 0.1) is 13.2 Å². The van der Waals surface area contributed by atoms with Gasteiger partial charge in [0.15, 0.2) is 0 Å². The van der Waals surface area contributed by atoms with Crippen molar-refractivity contribution in [1.29, 1.82) is 0 Å². The van der Waals surface area contributed by atoms with E-state index in [0.29, 0.717) is 0 Å². The Hall–Kier alpha value is -1.64. The van der Waals surface area contributed by atoms with Crippen LogP contribution in [0.5, 0.6) is 0 Å². The van der Waals surface area contributed by atoms with Gasteiger partial charge in [0.1, 0.15) is 0 Å². The van der Waals surface area contributed by atoms with Crippen molar-refractivity contribution in [2.75, 3.05) is 20.7 Å². The zero-order valence-corrected chi connectivity index (χ0v) is 11.6. The Bertz CT molecular complexity index is 508. The topological polar surface area (TPSA) is 21.3 Å². The van der Waals surface area contributed by atoms with E-state index in [0.717, 1.165) is 19.6 Å². The van der Waals surface area contributed by atoms with Gasteiger partial charge < -0.3 is 10.1 Å². The normalized spacial score (nSPS) is 13.2. The van der Waals surface area contributed by atoms with Gasteiger partial charge in [-0.05, 0) is 42.8 Å². The van der Waals surface area contributed by atoms with Crippen molar-refractivity contribution in [3.05, 3.63) is 59.7 Å². The third-order valence-corrected chi connectivity index (χ3v) is 3.11. The molecule has 2 aromatic rings. The summed E-state index contributed by atoms with van der Waals surface area (Å²) in [5, 5.41) is 2.75. The highest BCUT2D eigenvalue weighted by molar-refractivity contribution is 5.68.